The summed E-state index contributed by atoms with van der Waals surface area (Å²) in [7, 11) is 0. The van der Waals surface area contributed by atoms with E-state index in [0.29, 0.717) is 17.9 Å². The summed E-state index contributed by atoms with van der Waals surface area (Å²) in [6.45, 7) is 1.24. The first-order valence-corrected chi connectivity index (χ1v) is 10.4. The van der Waals surface area contributed by atoms with Crippen LogP contribution in [0.4, 0.5) is 8.78 Å². The smallest absolute Gasteiger partial charge is 0.303 e. The predicted octanol–water partition coefficient (Wildman–Crippen LogP) is 6.31. The van der Waals surface area contributed by atoms with Crippen molar-refractivity contribution < 1.29 is 23.4 Å². The number of carboxylic acids is 1. The highest BCUT2D eigenvalue weighted by Gasteiger charge is 2.28. The lowest BCUT2D eigenvalue weighted by Gasteiger charge is -2.18. The average Bonchev–Trinajstić information content (AvgIpc) is 3.17. The summed E-state index contributed by atoms with van der Waals surface area (Å²) in [6, 6.07) is 14.9. The van der Waals surface area contributed by atoms with E-state index >= 15 is 0 Å². The summed E-state index contributed by atoms with van der Waals surface area (Å²) in [5, 5.41) is 8.85. The van der Waals surface area contributed by atoms with Gasteiger partial charge >= 0.3 is 5.97 Å². The number of rotatable bonds is 10. The Kier molecular flexibility index (Phi) is 7.24. The molecule has 30 heavy (non-hydrogen) atoms. The van der Waals surface area contributed by atoms with Crippen molar-refractivity contribution in [2.75, 3.05) is 6.61 Å². The zero-order valence-corrected chi connectivity index (χ0v) is 17.3. The highest BCUT2D eigenvalue weighted by Crippen LogP contribution is 2.34. The summed E-state index contributed by atoms with van der Waals surface area (Å²) < 4.78 is 34.0. The normalized spacial score (nSPS) is 14.2. The topological polar surface area (TPSA) is 46.5 Å². The van der Waals surface area contributed by atoms with Crippen LogP contribution < -0.4 is 4.74 Å². The van der Waals surface area contributed by atoms with E-state index in [1.54, 1.807) is 12.1 Å². The molecule has 0 aliphatic heterocycles. The van der Waals surface area contributed by atoms with Gasteiger partial charge in [-0.2, -0.15) is 0 Å². The van der Waals surface area contributed by atoms with Gasteiger partial charge in [-0.1, -0.05) is 42.0 Å². The molecule has 0 fully saturated rings. The van der Waals surface area contributed by atoms with E-state index in [1.165, 1.54) is 22.8 Å². The van der Waals surface area contributed by atoms with Crippen molar-refractivity contribution in [2.24, 2.45) is 0 Å². The van der Waals surface area contributed by atoms with Crippen LogP contribution in [-0.4, -0.2) is 17.7 Å². The first-order valence-electron chi connectivity index (χ1n) is 10.4. The molecule has 2 aromatic rings. The molecule has 0 aromatic heterocycles. The van der Waals surface area contributed by atoms with Gasteiger partial charge in [0.15, 0.2) is 0 Å². The Morgan fingerprint density at radius 3 is 2.47 bits per heavy atom. The molecule has 3 rings (SSSR count). The number of ether oxygens (including phenoxy) is 1. The Morgan fingerprint density at radius 2 is 1.77 bits per heavy atom. The van der Waals surface area contributed by atoms with E-state index in [0.717, 1.165) is 39.0 Å². The van der Waals surface area contributed by atoms with Crippen LogP contribution in [0.3, 0.4) is 0 Å². The average molecular weight is 414 g/mol. The maximum atomic E-state index is 14.1. The number of allylic oxidation sites excluding steroid dienone is 1. The van der Waals surface area contributed by atoms with Gasteiger partial charge in [-0.05, 0) is 67.4 Å². The summed E-state index contributed by atoms with van der Waals surface area (Å²) in [5.41, 5.74) is 4.18. The molecular formula is C25H28F2O3. The minimum Gasteiger partial charge on any atom is -0.489 e. The molecule has 0 bridgehead atoms. The molecule has 3 nitrogen and oxygen atoms in total. The second-order valence-corrected chi connectivity index (χ2v) is 7.94. The van der Waals surface area contributed by atoms with Gasteiger partial charge in [0.05, 0.1) is 0 Å². The summed E-state index contributed by atoms with van der Waals surface area (Å²) in [6.07, 6.45) is 5.04. The van der Waals surface area contributed by atoms with Crippen LogP contribution in [0.2, 0.25) is 0 Å². The molecule has 0 unspecified atom stereocenters. The number of carbonyl (C=O) groups is 1. The van der Waals surface area contributed by atoms with Gasteiger partial charge in [-0.15, -0.1) is 0 Å². The number of aryl methyl sites for hydroxylation is 2. The van der Waals surface area contributed by atoms with Crippen LogP contribution in [0.15, 0.2) is 59.7 Å². The first-order chi connectivity index (χ1) is 14.3. The van der Waals surface area contributed by atoms with Crippen molar-refractivity contribution in [3.8, 4) is 5.75 Å². The molecule has 1 aliphatic carbocycles. The quantitative estimate of drug-likeness (QED) is 0.464. The van der Waals surface area contributed by atoms with Crippen molar-refractivity contribution in [3.63, 3.8) is 0 Å². The lowest BCUT2D eigenvalue weighted by Crippen LogP contribution is -2.13. The summed E-state index contributed by atoms with van der Waals surface area (Å²) in [4.78, 5) is 10.8. The fourth-order valence-electron chi connectivity index (χ4n) is 3.97. The maximum absolute atomic E-state index is 14.1. The van der Waals surface area contributed by atoms with Crippen molar-refractivity contribution in [1.82, 2.24) is 0 Å². The number of halogens is 2. The molecular weight excluding hydrogens is 386 g/mol. The second kappa shape index (κ2) is 9.88. The molecule has 0 saturated heterocycles. The van der Waals surface area contributed by atoms with Crippen LogP contribution in [0.25, 0.3) is 0 Å². The van der Waals surface area contributed by atoms with E-state index in [4.69, 9.17) is 9.84 Å². The summed E-state index contributed by atoms with van der Waals surface area (Å²) in [5.74, 6) is -3.66. The zero-order valence-electron chi connectivity index (χ0n) is 17.3. The Balaban J connectivity index is 1.67. The maximum Gasteiger partial charge on any atom is 0.303 e. The van der Waals surface area contributed by atoms with Gasteiger partial charge in [0.25, 0.3) is 5.92 Å². The Hall–Kier alpha value is -2.69. The fourth-order valence-corrected chi connectivity index (χ4v) is 3.97. The second-order valence-electron chi connectivity index (χ2n) is 7.94. The number of hydrogen-bond donors (Lipinski definition) is 1. The zero-order chi connectivity index (χ0) is 21.6. The number of alkyl halides is 2. The van der Waals surface area contributed by atoms with Gasteiger partial charge < -0.3 is 9.84 Å². The monoisotopic (exact) mass is 414 g/mol. The minimum absolute atomic E-state index is 0.0726. The van der Waals surface area contributed by atoms with Crippen molar-refractivity contribution >= 4 is 5.97 Å². The van der Waals surface area contributed by atoms with Gasteiger partial charge in [0.2, 0.25) is 0 Å². The highest BCUT2D eigenvalue weighted by molar-refractivity contribution is 5.67. The van der Waals surface area contributed by atoms with Gasteiger partial charge in [-0.25, -0.2) is 8.78 Å². The molecule has 0 heterocycles. The van der Waals surface area contributed by atoms with Gasteiger partial charge in [0, 0.05) is 18.9 Å². The van der Waals surface area contributed by atoms with Crippen LogP contribution in [0, 0.1) is 0 Å². The minimum atomic E-state index is -3.05. The van der Waals surface area contributed by atoms with Crippen molar-refractivity contribution in [2.45, 2.75) is 57.8 Å². The highest BCUT2D eigenvalue weighted by atomic mass is 19.3. The van der Waals surface area contributed by atoms with E-state index in [2.05, 4.69) is 12.1 Å². The number of hydrogen-bond acceptors (Lipinski definition) is 2. The Labute approximate surface area is 176 Å². The summed E-state index contributed by atoms with van der Waals surface area (Å²) >= 11 is 0. The van der Waals surface area contributed by atoms with E-state index in [-0.39, 0.29) is 18.4 Å². The van der Waals surface area contributed by atoms with Crippen LogP contribution in [0.1, 0.15) is 55.7 Å². The lowest BCUT2D eigenvalue weighted by atomic mass is 9.98. The largest absolute Gasteiger partial charge is 0.489 e. The molecule has 2 aromatic carbocycles. The molecule has 0 atom stereocenters. The Bertz CT molecular complexity index is 898. The van der Waals surface area contributed by atoms with Crippen LogP contribution in [0.5, 0.6) is 5.75 Å². The number of aliphatic carboxylic acids is 1. The van der Waals surface area contributed by atoms with E-state index < -0.39 is 11.9 Å². The van der Waals surface area contributed by atoms with Crippen LogP contribution >= 0.6 is 0 Å². The first kappa shape index (κ1) is 22.0. The fraction of sp³-hybridized carbons (Fsp3) is 0.400. The molecule has 5 heteroatoms. The van der Waals surface area contributed by atoms with Crippen LogP contribution in [-0.2, 0) is 23.6 Å². The molecule has 160 valence electrons. The lowest BCUT2D eigenvalue weighted by molar-refractivity contribution is -0.137. The Morgan fingerprint density at radius 1 is 1.03 bits per heavy atom. The molecule has 0 saturated carbocycles. The third-order valence-electron chi connectivity index (χ3n) is 5.59. The molecule has 1 aliphatic rings. The molecule has 0 amide bonds. The standard InChI is InChI=1S/C25H28F2O3/c1-25(26,27)23-16-22(14-12-20(23)13-15-24(28)29)30-17-21-9-5-8-19(21)11-10-18-6-3-2-4-7-18/h2-4,6-7,12,14,16H,5,8-11,13,15,17H2,1H3,(H,28,29). The van der Waals surface area contributed by atoms with Crippen molar-refractivity contribution in [3.05, 3.63) is 76.4 Å². The molecule has 0 radical (unpaired) electrons. The van der Waals surface area contributed by atoms with Gasteiger partial charge in [0.1, 0.15) is 12.4 Å². The SMILES string of the molecule is CC(F)(F)c1cc(OCC2=C(CCc3ccccc3)CCC2)ccc1CCC(=O)O. The molecule has 1 N–H and O–H groups in total. The third kappa shape index (κ3) is 6.15. The predicted molar refractivity (Wildman–Crippen MR) is 113 cm³/mol. The van der Waals surface area contributed by atoms with E-state index in [9.17, 15) is 13.6 Å². The number of benzene rings is 2. The van der Waals surface area contributed by atoms with Crippen molar-refractivity contribution in [1.29, 1.82) is 0 Å². The van der Waals surface area contributed by atoms with Gasteiger partial charge in [-0.3, -0.25) is 4.79 Å². The number of carboxylic acid groups (broad SMARTS) is 1. The third-order valence-corrected chi connectivity index (χ3v) is 5.59. The molecule has 0 spiro atoms. The van der Waals surface area contributed by atoms with E-state index in [1.807, 2.05) is 18.2 Å².